The van der Waals surface area contributed by atoms with Crippen LogP contribution in [0.2, 0.25) is 0 Å². The lowest BCUT2D eigenvalue weighted by atomic mass is 9.53. The summed E-state index contributed by atoms with van der Waals surface area (Å²) in [7, 11) is 0. The van der Waals surface area contributed by atoms with Gasteiger partial charge in [0.2, 0.25) is 0 Å². The molecule has 0 heterocycles. The third-order valence-electron chi connectivity index (χ3n) is 5.53. The lowest BCUT2D eigenvalue weighted by Gasteiger charge is -2.57. The molecule has 0 spiro atoms. The lowest BCUT2D eigenvalue weighted by Crippen LogP contribution is -2.54. The van der Waals surface area contributed by atoms with E-state index in [0.717, 1.165) is 23.4 Å². The summed E-state index contributed by atoms with van der Waals surface area (Å²) >= 11 is 0. The van der Waals surface area contributed by atoms with Crippen molar-refractivity contribution < 1.29 is 0 Å². The lowest BCUT2D eigenvalue weighted by molar-refractivity contribution is 0.0107. The Balaban J connectivity index is 1.60. The molecule has 4 fully saturated rings. The minimum Gasteiger partial charge on any atom is -0.397 e. The monoisotopic (exact) mass is 257 g/mol. The summed E-state index contributed by atoms with van der Waals surface area (Å²) in [6.07, 6.45) is 8.48. The average Bonchev–Trinajstić information content (AvgIpc) is 2.31. The van der Waals surface area contributed by atoms with Gasteiger partial charge in [-0.3, -0.25) is 0 Å². The SMILES string of the molecule is Nc1ccc(NC23CC4CC(CC(C4)C2)C3)cc1N. The molecular formula is C16H23N3. The van der Waals surface area contributed by atoms with Crippen molar-refractivity contribution in [1.82, 2.24) is 0 Å². The first-order valence-corrected chi connectivity index (χ1v) is 7.55. The number of benzene rings is 1. The molecule has 5 N–H and O–H groups in total. The number of nitrogens with one attached hydrogen (secondary N) is 1. The molecule has 102 valence electrons. The largest absolute Gasteiger partial charge is 0.397 e. The number of rotatable bonds is 2. The average molecular weight is 257 g/mol. The second kappa shape index (κ2) is 3.81. The van der Waals surface area contributed by atoms with Crippen molar-refractivity contribution in [3.05, 3.63) is 18.2 Å². The highest BCUT2D eigenvalue weighted by molar-refractivity contribution is 5.69. The summed E-state index contributed by atoms with van der Waals surface area (Å²) in [6, 6.07) is 5.98. The molecule has 0 unspecified atom stereocenters. The van der Waals surface area contributed by atoms with Crippen LogP contribution in [0, 0.1) is 17.8 Å². The Bertz CT molecular complexity index is 473. The maximum Gasteiger partial charge on any atom is 0.0568 e. The molecule has 0 saturated heterocycles. The van der Waals surface area contributed by atoms with Crippen molar-refractivity contribution in [2.75, 3.05) is 16.8 Å². The quantitative estimate of drug-likeness (QED) is 0.713. The van der Waals surface area contributed by atoms with Crippen LogP contribution in [0.3, 0.4) is 0 Å². The minimum atomic E-state index is 0.345. The van der Waals surface area contributed by atoms with Crippen molar-refractivity contribution in [1.29, 1.82) is 0 Å². The maximum absolute atomic E-state index is 5.92. The van der Waals surface area contributed by atoms with Gasteiger partial charge in [-0.15, -0.1) is 0 Å². The van der Waals surface area contributed by atoms with Gasteiger partial charge in [-0.05, 0) is 74.5 Å². The van der Waals surface area contributed by atoms with E-state index >= 15 is 0 Å². The van der Waals surface area contributed by atoms with Crippen molar-refractivity contribution >= 4 is 17.1 Å². The van der Waals surface area contributed by atoms with Gasteiger partial charge < -0.3 is 16.8 Å². The van der Waals surface area contributed by atoms with Gasteiger partial charge in [0.05, 0.1) is 11.4 Å². The first kappa shape index (κ1) is 11.4. The van der Waals surface area contributed by atoms with E-state index in [1.807, 2.05) is 12.1 Å². The van der Waals surface area contributed by atoms with Gasteiger partial charge in [0, 0.05) is 11.2 Å². The van der Waals surface area contributed by atoms with E-state index in [1.165, 1.54) is 38.5 Å². The number of hydrogen-bond acceptors (Lipinski definition) is 3. The Hall–Kier alpha value is -1.38. The predicted molar refractivity (Wildman–Crippen MR) is 79.8 cm³/mol. The van der Waals surface area contributed by atoms with Crippen LogP contribution in [0.5, 0.6) is 0 Å². The fourth-order valence-corrected chi connectivity index (χ4v) is 5.22. The van der Waals surface area contributed by atoms with Gasteiger partial charge >= 0.3 is 0 Å². The van der Waals surface area contributed by atoms with E-state index in [0.29, 0.717) is 16.9 Å². The summed E-state index contributed by atoms with van der Waals surface area (Å²) in [5.74, 6) is 2.89. The van der Waals surface area contributed by atoms with E-state index in [9.17, 15) is 0 Å². The van der Waals surface area contributed by atoms with Gasteiger partial charge in [-0.25, -0.2) is 0 Å². The van der Waals surface area contributed by atoms with E-state index in [4.69, 9.17) is 11.5 Å². The first-order valence-electron chi connectivity index (χ1n) is 7.55. The molecule has 5 rings (SSSR count). The van der Waals surface area contributed by atoms with Crippen LogP contribution in [0.1, 0.15) is 38.5 Å². The Kier molecular flexibility index (Phi) is 2.30. The summed E-state index contributed by atoms with van der Waals surface area (Å²) in [5.41, 5.74) is 14.6. The zero-order valence-electron chi connectivity index (χ0n) is 11.4. The molecule has 4 aliphatic rings. The van der Waals surface area contributed by atoms with Crippen LogP contribution in [-0.2, 0) is 0 Å². The highest BCUT2D eigenvalue weighted by Crippen LogP contribution is 2.56. The van der Waals surface area contributed by atoms with Gasteiger partial charge in [0.1, 0.15) is 0 Å². The molecule has 3 heteroatoms. The molecule has 1 aromatic carbocycles. The van der Waals surface area contributed by atoms with Gasteiger partial charge in [0.25, 0.3) is 0 Å². The van der Waals surface area contributed by atoms with E-state index in [-0.39, 0.29) is 0 Å². The Morgan fingerprint density at radius 1 is 0.895 bits per heavy atom. The molecule has 0 atom stereocenters. The van der Waals surface area contributed by atoms with E-state index in [2.05, 4.69) is 11.4 Å². The van der Waals surface area contributed by atoms with Crippen molar-refractivity contribution in [2.24, 2.45) is 17.8 Å². The smallest absolute Gasteiger partial charge is 0.0568 e. The molecule has 0 radical (unpaired) electrons. The first-order chi connectivity index (χ1) is 9.12. The van der Waals surface area contributed by atoms with Gasteiger partial charge in [-0.1, -0.05) is 0 Å². The number of nitrogens with two attached hydrogens (primary N) is 2. The van der Waals surface area contributed by atoms with Crippen molar-refractivity contribution in [3.63, 3.8) is 0 Å². The van der Waals surface area contributed by atoms with Crippen LogP contribution >= 0.6 is 0 Å². The van der Waals surface area contributed by atoms with Crippen LogP contribution in [0.25, 0.3) is 0 Å². The summed E-state index contributed by atoms with van der Waals surface area (Å²) < 4.78 is 0. The Morgan fingerprint density at radius 3 is 2.00 bits per heavy atom. The van der Waals surface area contributed by atoms with Crippen molar-refractivity contribution in [3.8, 4) is 0 Å². The number of anilines is 3. The Labute approximate surface area is 114 Å². The molecule has 19 heavy (non-hydrogen) atoms. The second-order valence-electron chi connectivity index (χ2n) is 7.17. The highest BCUT2D eigenvalue weighted by atomic mass is 15.0. The maximum atomic E-state index is 5.92. The van der Waals surface area contributed by atoms with E-state index in [1.54, 1.807) is 0 Å². The van der Waals surface area contributed by atoms with E-state index < -0.39 is 0 Å². The standard InChI is InChI=1S/C16H23N3/c17-14-2-1-13(6-15(14)18)19-16-7-10-3-11(8-16)5-12(4-10)9-16/h1-2,6,10-12,19H,3-5,7-9,17-18H2. The van der Waals surface area contributed by atoms with Gasteiger partial charge in [-0.2, -0.15) is 0 Å². The summed E-state index contributed by atoms with van der Waals surface area (Å²) in [6.45, 7) is 0. The van der Waals surface area contributed by atoms with Crippen molar-refractivity contribution in [2.45, 2.75) is 44.1 Å². The number of nitrogen functional groups attached to an aromatic ring is 2. The number of hydrogen-bond donors (Lipinski definition) is 3. The Morgan fingerprint density at radius 2 is 1.47 bits per heavy atom. The third-order valence-corrected chi connectivity index (χ3v) is 5.53. The molecule has 1 aromatic rings. The minimum absolute atomic E-state index is 0.345. The van der Waals surface area contributed by atoms with Crippen LogP contribution in [0.15, 0.2) is 18.2 Å². The molecule has 4 aliphatic carbocycles. The molecule has 0 aliphatic heterocycles. The fourth-order valence-electron chi connectivity index (χ4n) is 5.22. The molecule has 4 saturated carbocycles. The molecular weight excluding hydrogens is 234 g/mol. The zero-order chi connectivity index (χ0) is 13.0. The van der Waals surface area contributed by atoms with Crippen LogP contribution in [-0.4, -0.2) is 5.54 Å². The normalized spacial score (nSPS) is 39.5. The second-order valence-corrected chi connectivity index (χ2v) is 7.17. The highest BCUT2D eigenvalue weighted by Gasteiger charge is 2.50. The predicted octanol–water partition coefficient (Wildman–Crippen LogP) is 3.23. The van der Waals surface area contributed by atoms with Crippen LogP contribution < -0.4 is 16.8 Å². The fraction of sp³-hybridized carbons (Fsp3) is 0.625. The topological polar surface area (TPSA) is 64.1 Å². The third kappa shape index (κ3) is 1.87. The van der Waals surface area contributed by atoms with Crippen LogP contribution in [0.4, 0.5) is 17.1 Å². The summed E-state index contributed by atoms with van der Waals surface area (Å²) in [4.78, 5) is 0. The zero-order valence-corrected chi connectivity index (χ0v) is 11.4. The molecule has 4 bridgehead atoms. The molecule has 3 nitrogen and oxygen atoms in total. The summed E-state index contributed by atoms with van der Waals surface area (Å²) in [5, 5.41) is 3.82. The molecule has 0 aromatic heterocycles. The molecule has 0 amide bonds. The van der Waals surface area contributed by atoms with Gasteiger partial charge in [0.15, 0.2) is 0 Å².